The Bertz CT molecular complexity index is 1350. The molecule has 192 valence electrons. The van der Waals surface area contributed by atoms with Crippen molar-refractivity contribution in [3.63, 3.8) is 0 Å². The minimum atomic E-state index is -0.913. The van der Waals surface area contributed by atoms with Gasteiger partial charge in [-0.1, -0.05) is 48.5 Å². The molecule has 10 heteroatoms. The lowest BCUT2D eigenvalue weighted by Gasteiger charge is -2.30. The van der Waals surface area contributed by atoms with Crippen molar-refractivity contribution in [3.8, 4) is 0 Å². The van der Waals surface area contributed by atoms with Gasteiger partial charge in [0.2, 0.25) is 17.7 Å². The number of benzene rings is 2. The summed E-state index contributed by atoms with van der Waals surface area (Å²) in [5.41, 5.74) is 9.20. The van der Waals surface area contributed by atoms with Crippen LogP contribution in [0, 0.1) is 0 Å². The van der Waals surface area contributed by atoms with Crippen molar-refractivity contribution in [2.45, 2.75) is 44.0 Å². The molecule has 2 aliphatic rings. The van der Waals surface area contributed by atoms with Crippen LogP contribution in [0.15, 0.2) is 54.6 Å². The third-order valence-electron chi connectivity index (χ3n) is 7.09. The van der Waals surface area contributed by atoms with Gasteiger partial charge in [0, 0.05) is 30.1 Å². The Morgan fingerprint density at radius 3 is 2.59 bits per heavy atom. The van der Waals surface area contributed by atoms with Crippen molar-refractivity contribution < 1.29 is 23.9 Å². The van der Waals surface area contributed by atoms with E-state index < -0.39 is 30.0 Å². The zero-order valence-electron chi connectivity index (χ0n) is 20.5. The number of nitrogens with zero attached hydrogens (tertiary/aromatic N) is 2. The Morgan fingerprint density at radius 1 is 1.11 bits per heavy atom. The van der Waals surface area contributed by atoms with E-state index in [4.69, 9.17) is 10.5 Å². The molecule has 2 aromatic carbocycles. The molecule has 3 aromatic rings. The molecule has 1 saturated heterocycles. The molecular weight excluding hydrogens is 474 g/mol. The topological polar surface area (TPSA) is 138 Å². The number of H-pyrrole nitrogens is 1. The van der Waals surface area contributed by atoms with Gasteiger partial charge in [0.15, 0.2) is 0 Å². The molecule has 0 spiro atoms. The van der Waals surface area contributed by atoms with Crippen LogP contribution in [0.25, 0.3) is 10.9 Å². The maximum Gasteiger partial charge on any atom is 0.410 e. The third kappa shape index (κ3) is 4.74. The van der Waals surface area contributed by atoms with Gasteiger partial charge in [-0.05, 0) is 30.0 Å². The molecule has 0 radical (unpaired) electrons. The minimum Gasteiger partial charge on any atom is -0.445 e. The standard InChI is InChI=1S/C27H29N5O5/c1-31(27(36)37-15-16-7-3-2-4-8-16)14-23(33)29-20-13-18-17-9-5-6-10-19(17)30-24(18)21-11-12-22(25(28)34)32(21)26(20)35/h2-10,20-22,30H,11-15H2,1H3,(H2,28,34)(H,29,33)/t20-,21+,22+/m0/s1. The molecule has 3 atom stereocenters. The normalized spacial score (nSPS) is 20.6. The van der Waals surface area contributed by atoms with Gasteiger partial charge in [-0.25, -0.2) is 4.79 Å². The quantitative estimate of drug-likeness (QED) is 0.472. The lowest BCUT2D eigenvalue weighted by molar-refractivity contribution is -0.142. The van der Waals surface area contributed by atoms with Crippen LogP contribution in [0.2, 0.25) is 0 Å². The second-order valence-electron chi connectivity index (χ2n) is 9.54. The number of hydrogen-bond acceptors (Lipinski definition) is 5. The highest BCUT2D eigenvalue weighted by atomic mass is 16.6. The van der Waals surface area contributed by atoms with Gasteiger partial charge in [-0.3, -0.25) is 14.4 Å². The molecule has 4 N–H and O–H groups in total. The summed E-state index contributed by atoms with van der Waals surface area (Å²) in [6.45, 7) is -0.207. The Hall–Kier alpha value is -4.34. The Kier molecular flexibility index (Phi) is 6.56. The number of carbonyl (C=O) groups excluding carboxylic acids is 4. The summed E-state index contributed by atoms with van der Waals surface area (Å²) in [6.07, 6.45) is 0.649. The largest absolute Gasteiger partial charge is 0.445 e. The summed E-state index contributed by atoms with van der Waals surface area (Å²) < 4.78 is 5.28. The van der Waals surface area contributed by atoms with E-state index in [-0.39, 0.29) is 31.5 Å². The highest BCUT2D eigenvalue weighted by Gasteiger charge is 2.47. The van der Waals surface area contributed by atoms with Crippen molar-refractivity contribution in [2.24, 2.45) is 5.73 Å². The number of rotatable bonds is 6. The van der Waals surface area contributed by atoms with Crippen molar-refractivity contribution >= 4 is 34.7 Å². The van der Waals surface area contributed by atoms with Crippen LogP contribution in [-0.4, -0.2) is 64.3 Å². The highest BCUT2D eigenvalue weighted by Crippen LogP contribution is 2.42. The minimum absolute atomic E-state index is 0.0843. The second-order valence-corrected chi connectivity index (χ2v) is 9.54. The molecule has 1 aromatic heterocycles. The van der Waals surface area contributed by atoms with E-state index >= 15 is 0 Å². The monoisotopic (exact) mass is 503 g/mol. The van der Waals surface area contributed by atoms with Crippen LogP contribution in [0.4, 0.5) is 4.79 Å². The average molecular weight is 504 g/mol. The van der Waals surface area contributed by atoms with Crippen molar-refractivity contribution in [1.29, 1.82) is 0 Å². The number of likely N-dealkylation sites (N-methyl/N-ethyl adjacent to an activating group) is 1. The zero-order valence-corrected chi connectivity index (χ0v) is 20.5. The van der Waals surface area contributed by atoms with E-state index in [9.17, 15) is 19.2 Å². The number of ether oxygens (including phenoxy) is 1. The fraction of sp³-hybridized carbons (Fsp3) is 0.333. The van der Waals surface area contributed by atoms with Gasteiger partial charge in [0.05, 0.1) is 6.04 Å². The summed E-state index contributed by atoms with van der Waals surface area (Å²) >= 11 is 0. The van der Waals surface area contributed by atoms with Crippen LogP contribution < -0.4 is 11.1 Å². The first-order valence-corrected chi connectivity index (χ1v) is 12.3. The first kappa shape index (κ1) is 24.4. The molecule has 5 rings (SSSR count). The van der Waals surface area contributed by atoms with Crippen LogP contribution in [0.5, 0.6) is 0 Å². The molecule has 1 fully saturated rings. The maximum absolute atomic E-state index is 13.6. The summed E-state index contributed by atoms with van der Waals surface area (Å²) in [6, 6.07) is 15.0. The molecule has 0 unspecified atom stereocenters. The Balaban J connectivity index is 1.33. The molecule has 4 amide bonds. The molecule has 0 aliphatic carbocycles. The Labute approximate surface area is 213 Å². The van der Waals surface area contributed by atoms with E-state index in [1.807, 2.05) is 54.6 Å². The summed E-state index contributed by atoms with van der Waals surface area (Å²) in [5.74, 6) is -1.43. The Morgan fingerprint density at radius 2 is 1.84 bits per heavy atom. The van der Waals surface area contributed by atoms with Crippen LogP contribution in [0.1, 0.15) is 35.7 Å². The summed E-state index contributed by atoms with van der Waals surface area (Å²) in [4.78, 5) is 57.3. The highest BCUT2D eigenvalue weighted by molar-refractivity contribution is 5.95. The number of para-hydroxylation sites is 1. The number of aromatic amines is 1. The van der Waals surface area contributed by atoms with Gasteiger partial charge in [-0.2, -0.15) is 0 Å². The number of nitrogens with two attached hydrogens (primary N) is 1. The fourth-order valence-electron chi connectivity index (χ4n) is 5.34. The first-order valence-electron chi connectivity index (χ1n) is 12.3. The SMILES string of the molecule is CN(CC(=O)N[C@H]1Cc2c([nH]c3ccccc23)[C@H]2CC[C@H](C(N)=O)N2C1=O)C(=O)OCc1ccccc1. The van der Waals surface area contributed by atoms with Crippen molar-refractivity contribution in [3.05, 3.63) is 71.4 Å². The van der Waals surface area contributed by atoms with Crippen LogP contribution in [0.3, 0.4) is 0 Å². The molecule has 2 aliphatic heterocycles. The number of carbonyl (C=O) groups is 4. The van der Waals surface area contributed by atoms with Gasteiger partial charge in [-0.15, -0.1) is 0 Å². The number of hydrogen-bond donors (Lipinski definition) is 3. The van der Waals surface area contributed by atoms with E-state index in [0.717, 1.165) is 32.6 Å². The van der Waals surface area contributed by atoms with E-state index in [0.29, 0.717) is 12.8 Å². The lowest BCUT2D eigenvalue weighted by atomic mass is 10.00. The van der Waals surface area contributed by atoms with Crippen molar-refractivity contribution in [2.75, 3.05) is 13.6 Å². The van der Waals surface area contributed by atoms with E-state index in [1.54, 1.807) is 0 Å². The second kappa shape index (κ2) is 9.96. The fourth-order valence-corrected chi connectivity index (χ4v) is 5.34. The summed E-state index contributed by atoms with van der Waals surface area (Å²) in [5, 5.41) is 3.76. The smallest absolute Gasteiger partial charge is 0.410 e. The predicted molar refractivity (Wildman–Crippen MR) is 135 cm³/mol. The van der Waals surface area contributed by atoms with Crippen molar-refractivity contribution in [1.82, 2.24) is 20.1 Å². The van der Waals surface area contributed by atoms with E-state index in [1.165, 1.54) is 11.9 Å². The van der Waals surface area contributed by atoms with Gasteiger partial charge >= 0.3 is 6.09 Å². The molecule has 0 saturated carbocycles. The van der Waals surface area contributed by atoms with Crippen LogP contribution in [-0.2, 0) is 32.1 Å². The lowest BCUT2D eigenvalue weighted by Crippen LogP contribution is -2.54. The van der Waals surface area contributed by atoms with Gasteiger partial charge < -0.3 is 30.6 Å². The number of fused-ring (bicyclic) bond motifs is 5. The zero-order chi connectivity index (χ0) is 26.1. The number of nitrogens with one attached hydrogen (secondary N) is 2. The molecule has 3 heterocycles. The maximum atomic E-state index is 13.6. The van der Waals surface area contributed by atoms with Gasteiger partial charge in [0.1, 0.15) is 25.2 Å². The molecule has 0 bridgehead atoms. The molecule has 37 heavy (non-hydrogen) atoms. The van der Waals surface area contributed by atoms with Crippen LogP contribution >= 0.6 is 0 Å². The third-order valence-corrected chi connectivity index (χ3v) is 7.09. The number of amides is 4. The summed E-state index contributed by atoms with van der Waals surface area (Å²) in [7, 11) is 1.46. The number of aromatic nitrogens is 1. The van der Waals surface area contributed by atoms with E-state index in [2.05, 4.69) is 10.3 Å². The predicted octanol–water partition coefficient (Wildman–Crippen LogP) is 1.99. The molecular formula is C27H29N5O5. The number of primary amides is 1. The molecule has 10 nitrogen and oxygen atoms in total. The van der Waals surface area contributed by atoms with Gasteiger partial charge in [0.25, 0.3) is 0 Å². The average Bonchev–Trinajstić information content (AvgIpc) is 3.46. The first-order chi connectivity index (χ1) is 17.8.